The Hall–Kier alpha value is -2.06. The Morgan fingerprint density at radius 3 is 2.43 bits per heavy atom. The molecule has 0 atom stereocenters. The first kappa shape index (κ1) is 21.2. The minimum Gasteiger partial charge on any atom is -0.337 e. The van der Waals surface area contributed by atoms with Gasteiger partial charge >= 0.3 is 6.18 Å². The van der Waals surface area contributed by atoms with Crippen molar-refractivity contribution in [2.75, 3.05) is 26.2 Å². The van der Waals surface area contributed by atoms with Crippen LogP contribution in [0.25, 0.3) is 11.4 Å². The maximum Gasteiger partial charge on any atom is 0.416 e. The minimum absolute atomic E-state index is 0.0107. The highest BCUT2D eigenvalue weighted by Gasteiger charge is 2.33. The third-order valence-corrected chi connectivity index (χ3v) is 6.38. The lowest BCUT2D eigenvalue weighted by Gasteiger charge is -2.36. The predicted octanol–water partition coefficient (Wildman–Crippen LogP) is 4.46. The molecule has 0 N–H and O–H groups in total. The number of benzene rings is 1. The van der Waals surface area contributed by atoms with E-state index in [1.165, 1.54) is 29.5 Å². The summed E-state index contributed by atoms with van der Waals surface area (Å²) in [6, 6.07) is 5.40. The van der Waals surface area contributed by atoms with Gasteiger partial charge in [-0.05, 0) is 50.9 Å². The second-order valence-electron chi connectivity index (χ2n) is 7.98. The molecule has 0 saturated carbocycles. The number of halogens is 4. The van der Waals surface area contributed by atoms with E-state index < -0.39 is 11.7 Å². The Labute approximate surface area is 178 Å². The molecule has 30 heavy (non-hydrogen) atoms. The van der Waals surface area contributed by atoms with E-state index in [9.17, 15) is 18.0 Å². The summed E-state index contributed by atoms with van der Waals surface area (Å²) in [5, 5.41) is 0.0107. The van der Waals surface area contributed by atoms with Gasteiger partial charge in [0, 0.05) is 31.7 Å². The molecule has 4 rings (SSSR count). The Kier molecular flexibility index (Phi) is 5.81. The minimum atomic E-state index is -4.46. The fourth-order valence-corrected chi connectivity index (χ4v) is 4.77. The lowest BCUT2D eigenvalue weighted by molar-refractivity contribution is -0.137. The molecule has 0 spiro atoms. The molecular weight excluding hydrogens is 417 g/mol. The summed E-state index contributed by atoms with van der Waals surface area (Å²) in [7, 11) is 1.61. The van der Waals surface area contributed by atoms with Crippen molar-refractivity contribution in [2.45, 2.75) is 37.9 Å². The molecule has 2 aliphatic rings. The van der Waals surface area contributed by atoms with Crippen molar-refractivity contribution in [1.29, 1.82) is 0 Å². The number of piperidine rings is 1. The van der Waals surface area contributed by atoms with Gasteiger partial charge in [-0.2, -0.15) is 13.2 Å². The SMILES string of the molecule is Cn1c(-c2cccc(C(F)(F)F)c2)nc(Cl)c1C(=O)N1CCC(N2CCCC2)CC1. The van der Waals surface area contributed by atoms with Crippen LogP contribution in [0.3, 0.4) is 0 Å². The van der Waals surface area contributed by atoms with E-state index in [0.29, 0.717) is 19.1 Å². The molecule has 0 radical (unpaired) electrons. The third kappa shape index (κ3) is 4.07. The molecule has 2 aliphatic heterocycles. The highest BCUT2D eigenvalue weighted by atomic mass is 35.5. The number of hydrogen-bond acceptors (Lipinski definition) is 3. The van der Waals surface area contributed by atoms with Crippen LogP contribution in [0.1, 0.15) is 41.7 Å². The zero-order valence-corrected chi connectivity index (χ0v) is 17.5. The van der Waals surface area contributed by atoms with Crippen molar-refractivity contribution >= 4 is 17.5 Å². The van der Waals surface area contributed by atoms with Crippen LogP contribution in [0.2, 0.25) is 5.15 Å². The maximum atomic E-state index is 13.1. The molecule has 1 amide bonds. The number of carbonyl (C=O) groups is 1. The predicted molar refractivity (Wildman–Crippen MR) is 108 cm³/mol. The van der Waals surface area contributed by atoms with Crippen LogP contribution in [0.4, 0.5) is 13.2 Å². The van der Waals surface area contributed by atoms with Crippen LogP contribution in [-0.2, 0) is 13.2 Å². The molecule has 1 aromatic carbocycles. The second-order valence-corrected chi connectivity index (χ2v) is 8.34. The average molecular weight is 441 g/mol. The average Bonchev–Trinajstić information content (AvgIpc) is 3.35. The largest absolute Gasteiger partial charge is 0.416 e. The summed E-state index contributed by atoms with van der Waals surface area (Å²) in [6.07, 6.45) is -0.142. The van der Waals surface area contributed by atoms with Crippen molar-refractivity contribution in [1.82, 2.24) is 19.4 Å². The van der Waals surface area contributed by atoms with Crippen LogP contribution in [-0.4, -0.2) is 57.5 Å². The van der Waals surface area contributed by atoms with Crippen molar-refractivity contribution in [2.24, 2.45) is 7.05 Å². The number of likely N-dealkylation sites (tertiary alicyclic amines) is 2. The van der Waals surface area contributed by atoms with Crippen molar-refractivity contribution in [3.63, 3.8) is 0 Å². The van der Waals surface area contributed by atoms with Gasteiger partial charge in [0.2, 0.25) is 0 Å². The molecule has 0 aliphatic carbocycles. The molecule has 2 fully saturated rings. The number of amides is 1. The number of nitrogens with zero attached hydrogens (tertiary/aromatic N) is 4. The van der Waals surface area contributed by atoms with E-state index in [1.807, 2.05) is 0 Å². The van der Waals surface area contributed by atoms with Gasteiger partial charge in [0.1, 0.15) is 11.5 Å². The monoisotopic (exact) mass is 440 g/mol. The summed E-state index contributed by atoms with van der Waals surface area (Å²) in [4.78, 5) is 21.6. The molecule has 2 aromatic rings. The van der Waals surface area contributed by atoms with Gasteiger partial charge in [-0.3, -0.25) is 4.79 Å². The van der Waals surface area contributed by atoms with Crippen molar-refractivity contribution in [3.05, 3.63) is 40.7 Å². The van der Waals surface area contributed by atoms with Crippen LogP contribution >= 0.6 is 11.6 Å². The standard InChI is InChI=1S/C21H24ClF3N4O/c1-27-17(20(30)29-11-7-16(8-12-29)28-9-2-3-10-28)18(22)26-19(27)14-5-4-6-15(13-14)21(23,24)25/h4-6,13,16H,2-3,7-12H2,1H3. The van der Waals surface area contributed by atoms with Gasteiger partial charge in [-0.25, -0.2) is 4.98 Å². The number of hydrogen-bond donors (Lipinski definition) is 0. The molecule has 0 unspecified atom stereocenters. The van der Waals surface area contributed by atoms with Gasteiger partial charge in [0.05, 0.1) is 5.56 Å². The summed E-state index contributed by atoms with van der Waals surface area (Å²) in [5.74, 6) is 0.00880. The summed E-state index contributed by atoms with van der Waals surface area (Å²) < 4.78 is 40.7. The fraction of sp³-hybridized carbons (Fsp3) is 0.524. The Morgan fingerprint density at radius 1 is 1.13 bits per heavy atom. The quantitative estimate of drug-likeness (QED) is 0.707. The van der Waals surface area contributed by atoms with Crippen LogP contribution in [0.15, 0.2) is 24.3 Å². The van der Waals surface area contributed by atoms with Gasteiger partial charge < -0.3 is 14.4 Å². The summed E-state index contributed by atoms with van der Waals surface area (Å²) in [5.41, 5.74) is -0.291. The first-order valence-electron chi connectivity index (χ1n) is 10.2. The maximum absolute atomic E-state index is 13.1. The number of imidazole rings is 1. The zero-order chi connectivity index (χ0) is 21.5. The van der Waals surface area contributed by atoms with E-state index in [4.69, 9.17) is 11.6 Å². The molecule has 1 aromatic heterocycles. The van der Waals surface area contributed by atoms with E-state index in [-0.39, 0.29) is 28.1 Å². The number of alkyl halides is 3. The molecular formula is C21H24ClF3N4O. The smallest absolute Gasteiger partial charge is 0.337 e. The van der Waals surface area contributed by atoms with Crippen molar-refractivity contribution in [3.8, 4) is 11.4 Å². The van der Waals surface area contributed by atoms with Crippen LogP contribution in [0.5, 0.6) is 0 Å². The van der Waals surface area contributed by atoms with Gasteiger partial charge in [-0.15, -0.1) is 0 Å². The van der Waals surface area contributed by atoms with Gasteiger partial charge in [0.15, 0.2) is 5.15 Å². The van der Waals surface area contributed by atoms with Crippen LogP contribution in [0, 0.1) is 0 Å². The van der Waals surface area contributed by atoms with Gasteiger partial charge in [0.25, 0.3) is 5.91 Å². The first-order chi connectivity index (χ1) is 14.3. The zero-order valence-electron chi connectivity index (χ0n) is 16.8. The lowest BCUT2D eigenvalue weighted by atomic mass is 10.0. The van der Waals surface area contributed by atoms with E-state index in [0.717, 1.165) is 38.1 Å². The van der Waals surface area contributed by atoms with E-state index in [2.05, 4.69) is 9.88 Å². The Bertz CT molecular complexity index is 929. The molecule has 5 nitrogen and oxygen atoms in total. The number of aromatic nitrogens is 2. The summed E-state index contributed by atoms with van der Waals surface area (Å²) in [6.45, 7) is 3.54. The van der Waals surface area contributed by atoms with Crippen molar-refractivity contribution < 1.29 is 18.0 Å². The summed E-state index contributed by atoms with van der Waals surface area (Å²) >= 11 is 6.27. The number of carbonyl (C=O) groups excluding carboxylic acids is 1. The number of rotatable bonds is 3. The topological polar surface area (TPSA) is 41.4 Å². The molecule has 0 bridgehead atoms. The highest BCUT2D eigenvalue weighted by Crippen LogP contribution is 2.33. The molecule has 162 valence electrons. The van der Waals surface area contributed by atoms with E-state index >= 15 is 0 Å². The third-order valence-electron chi connectivity index (χ3n) is 6.11. The lowest BCUT2D eigenvalue weighted by Crippen LogP contribution is -2.46. The van der Waals surface area contributed by atoms with Gasteiger partial charge in [-0.1, -0.05) is 23.7 Å². The van der Waals surface area contributed by atoms with Crippen LogP contribution < -0.4 is 0 Å². The normalized spacial score (nSPS) is 18.9. The molecule has 9 heteroatoms. The van der Waals surface area contributed by atoms with E-state index in [1.54, 1.807) is 11.9 Å². The Morgan fingerprint density at radius 2 is 1.80 bits per heavy atom. The molecule has 2 saturated heterocycles. The second kappa shape index (κ2) is 8.23. The Balaban J connectivity index is 1.53. The highest BCUT2D eigenvalue weighted by molar-refractivity contribution is 6.32. The fourth-order valence-electron chi connectivity index (χ4n) is 4.48. The first-order valence-corrected chi connectivity index (χ1v) is 10.6. The molecule has 3 heterocycles.